The third kappa shape index (κ3) is 5.94. The van der Waals surface area contributed by atoms with Crippen molar-refractivity contribution in [2.75, 3.05) is 38.0 Å². The van der Waals surface area contributed by atoms with Crippen molar-refractivity contribution in [2.45, 2.75) is 25.0 Å². The van der Waals surface area contributed by atoms with Crippen LogP contribution in [0.2, 0.25) is 0 Å². The van der Waals surface area contributed by atoms with Crippen LogP contribution in [0, 0.1) is 5.82 Å². The molecule has 3 amide bonds. The zero-order valence-electron chi connectivity index (χ0n) is 21.3. The Kier molecular flexibility index (Phi) is 8.62. The number of halogens is 1. The predicted octanol–water partition coefficient (Wildman–Crippen LogP) is 2.66. The summed E-state index contributed by atoms with van der Waals surface area (Å²) in [6.07, 6.45) is 1.49. The molecule has 1 saturated heterocycles. The van der Waals surface area contributed by atoms with E-state index in [9.17, 15) is 18.8 Å². The number of anilines is 2. The molecule has 39 heavy (non-hydrogen) atoms. The summed E-state index contributed by atoms with van der Waals surface area (Å²) < 4.78 is 34.3. The monoisotopic (exact) mass is 557 g/mol. The molecule has 5 N–H and O–H groups in total. The van der Waals surface area contributed by atoms with Crippen LogP contribution in [0.1, 0.15) is 44.6 Å². The van der Waals surface area contributed by atoms with Crippen molar-refractivity contribution in [3.8, 4) is 11.5 Å². The summed E-state index contributed by atoms with van der Waals surface area (Å²) in [5.74, 6) is -2.07. The second-order valence-corrected chi connectivity index (χ2v) is 9.46. The summed E-state index contributed by atoms with van der Waals surface area (Å²) >= 11 is 0.673. The van der Waals surface area contributed by atoms with Gasteiger partial charge in [0.1, 0.15) is 28.2 Å². The molecule has 0 bridgehead atoms. The van der Waals surface area contributed by atoms with E-state index >= 15 is 0 Å². The Labute approximate surface area is 228 Å². The van der Waals surface area contributed by atoms with E-state index in [1.807, 2.05) is 0 Å². The summed E-state index contributed by atoms with van der Waals surface area (Å²) in [4.78, 5) is 40.8. The average Bonchev–Trinajstić information content (AvgIpc) is 3.60. The average molecular weight is 558 g/mol. The number of rotatable bonds is 10. The third-order valence-corrected chi connectivity index (χ3v) is 7.09. The molecule has 0 spiro atoms. The Bertz CT molecular complexity index is 1360. The highest BCUT2D eigenvalue weighted by atomic mass is 32.1. The molecule has 0 aliphatic carbocycles. The van der Waals surface area contributed by atoms with E-state index in [1.54, 1.807) is 18.2 Å². The van der Waals surface area contributed by atoms with E-state index in [-0.39, 0.29) is 40.3 Å². The zero-order valence-corrected chi connectivity index (χ0v) is 22.1. The summed E-state index contributed by atoms with van der Waals surface area (Å²) in [5, 5.41) is 2.86. The lowest BCUT2D eigenvalue weighted by molar-refractivity contribution is -0.123. The predicted molar refractivity (Wildman–Crippen MR) is 143 cm³/mol. The fraction of sp³-hybridized carbons (Fsp3) is 0.308. The maximum atomic E-state index is 14.2. The van der Waals surface area contributed by atoms with Crippen LogP contribution in [0.4, 0.5) is 15.8 Å². The molecule has 0 unspecified atom stereocenters. The van der Waals surface area contributed by atoms with Crippen LogP contribution < -0.4 is 31.2 Å². The zero-order chi connectivity index (χ0) is 28.1. The Balaban J connectivity index is 1.87. The van der Waals surface area contributed by atoms with Gasteiger partial charge in [-0.3, -0.25) is 19.3 Å². The number of hydrogen-bond acceptors (Lipinski definition) is 9. The number of nitrogen functional groups attached to an aromatic ring is 1. The number of methoxy groups -OCH3 is 2. The highest BCUT2D eigenvalue weighted by Crippen LogP contribution is 2.39. The van der Waals surface area contributed by atoms with Crippen molar-refractivity contribution >= 4 is 40.6 Å². The maximum absolute atomic E-state index is 14.2. The number of carbonyl (C=O) groups is 3. The molecule has 2 heterocycles. The Morgan fingerprint density at radius 3 is 2.54 bits per heavy atom. The van der Waals surface area contributed by atoms with Gasteiger partial charge in [-0.15, -0.1) is 0 Å². The second-order valence-electron chi connectivity index (χ2n) is 8.69. The molecule has 1 aliphatic heterocycles. The smallest absolute Gasteiger partial charge is 0.273 e. The van der Waals surface area contributed by atoms with Gasteiger partial charge < -0.3 is 31.0 Å². The second kappa shape index (κ2) is 12.1. The van der Waals surface area contributed by atoms with Crippen molar-refractivity contribution in [3.63, 3.8) is 0 Å². The SMILES string of the molecule is COc1ccc(N(C(=O)c2snc(C(N)=O)c2N)[C@@H](C(=O)NC[C@@H]2CCCO2)c2ccc(F)cc2)c(OC)c1. The largest absolute Gasteiger partial charge is 0.497 e. The van der Waals surface area contributed by atoms with Gasteiger partial charge in [-0.1, -0.05) is 12.1 Å². The molecule has 3 aromatic rings. The molecular weight excluding hydrogens is 529 g/mol. The van der Waals surface area contributed by atoms with Crippen LogP contribution in [0.3, 0.4) is 0 Å². The molecule has 206 valence electrons. The Morgan fingerprint density at radius 1 is 1.21 bits per heavy atom. The van der Waals surface area contributed by atoms with Crippen LogP contribution in [0.25, 0.3) is 0 Å². The van der Waals surface area contributed by atoms with Crippen LogP contribution >= 0.6 is 11.5 Å². The first-order valence-electron chi connectivity index (χ1n) is 12.0. The van der Waals surface area contributed by atoms with E-state index in [1.165, 1.54) is 43.4 Å². The van der Waals surface area contributed by atoms with Gasteiger partial charge in [0.15, 0.2) is 5.69 Å². The van der Waals surface area contributed by atoms with Gasteiger partial charge in [-0.25, -0.2) is 4.39 Å². The number of nitrogens with zero attached hydrogens (tertiary/aromatic N) is 2. The van der Waals surface area contributed by atoms with Crippen LogP contribution in [-0.4, -0.2) is 55.6 Å². The molecule has 2 atom stereocenters. The number of carbonyl (C=O) groups excluding carboxylic acids is 3. The fourth-order valence-electron chi connectivity index (χ4n) is 4.27. The Hall–Kier alpha value is -4.23. The van der Waals surface area contributed by atoms with E-state index in [4.69, 9.17) is 25.7 Å². The molecule has 0 saturated carbocycles. The van der Waals surface area contributed by atoms with Crippen molar-refractivity contribution < 1.29 is 33.0 Å². The number of nitrogens with two attached hydrogens (primary N) is 2. The number of hydrogen-bond donors (Lipinski definition) is 3. The number of primary amides is 1. The van der Waals surface area contributed by atoms with Gasteiger partial charge >= 0.3 is 0 Å². The van der Waals surface area contributed by atoms with Crippen LogP contribution in [0.15, 0.2) is 42.5 Å². The van der Waals surface area contributed by atoms with Gasteiger partial charge in [0.2, 0.25) is 5.91 Å². The molecule has 0 radical (unpaired) electrons. The number of ether oxygens (including phenoxy) is 3. The number of aromatic nitrogens is 1. The minimum absolute atomic E-state index is 0.110. The highest BCUT2D eigenvalue weighted by Gasteiger charge is 2.38. The van der Waals surface area contributed by atoms with Crippen LogP contribution in [0.5, 0.6) is 11.5 Å². The molecule has 13 heteroatoms. The van der Waals surface area contributed by atoms with Gasteiger partial charge in [0.25, 0.3) is 11.8 Å². The summed E-state index contributed by atoms with van der Waals surface area (Å²) in [6, 6.07) is 8.58. The standard InChI is InChI=1S/C26H28FN5O6S/c1-36-16-9-10-18(19(12-16)37-2)32(26(35)23-20(28)21(24(29)33)31-39-23)22(14-5-7-15(27)8-6-14)25(34)30-13-17-4-3-11-38-17/h5-10,12,17,22H,3-4,11,13,28H2,1-2H3,(H2,29,33)(H,30,34)/t17-,22+/m0/s1. The van der Waals surface area contributed by atoms with E-state index in [0.29, 0.717) is 29.5 Å². The van der Waals surface area contributed by atoms with Crippen molar-refractivity contribution in [3.05, 3.63) is 64.4 Å². The topological polar surface area (TPSA) is 159 Å². The highest BCUT2D eigenvalue weighted by molar-refractivity contribution is 7.09. The lowest BCUT2D eigenvalue weighted by atomic mass is 10.0. The molecule has 11 nitrogen and oxygen atoms in total. The molecule has 2 aromatic carbocycles. The summed E-state index contributed by atoms with van der Waals surface area (Å²) in [7, 11) is 2.87. The first kappa shape index (κ1) is 27.8. The lowest BCUT2D eigenvalue weighted by Crippen LogP contribution is -2.45. The molecule has 1 fully saturated rings. The number of amides is 3. The summed E-state index contributed by atoms with van der Waals surface area (Å²) in [5.41, 5.74) is 11.5. The van der Waals surface area contributed by atoms with E-state index in [2.05, 4.69) is 9.69 Å². The minimum atomic E-state index is -1.31. The van der Waals surface area contributed by atoms with Gasteiger partial charge in [0, 0.05) is 19.2 Å². The van der Waals surface area contributed by atoms with Crippen molar-refractivity contribution in [1.29, 1.82) is 0 Å². The van der Waals surface area contributed by atoms with Gasteiger partial charge in [-0.2, -0.15) is 4.37 Å². The minimum Gasteiger partial charge on any atom is -0.497 e. The fourth-order valence-corrected chi connectivity index (χ4v) is 5.01. The molecule has 1 aliphatic rings. The van der Waals surface area contributed by atoms with Gasteiger partial charge in [-0.05, 0) is 54.2 Å². The molecule has 1 aromatic heterocycles. The quantitative estimate of drug-likeness (QED) is 0.343. The van der Waals surface area contributed by atoms with Crippen LogP contribution in [-0.2, 0) is 9.53 Å². The number of nitrogens with one attached hydrogen (secondary N) is 1. The summed E-state index contributed by atoms with van der Waals surface area (Å²) in [6.45, 7) is 0.815. The first-order chi connectivity index (χ1) is 18.7. The van der Waals surface area contributed by atoms with E-state index in [0.717, 1.165) is 12.8 Å². The maximum Gasteiger partial charge on any atom is 0.273 e. The Morgan fingerprint density at radius 2 is 1.95 bits per heavy atom. The van der Waals surface area contributed by atoms with Crippen molar-refractivity contribution in [1.82, 2.24) is 9.69 Å². The normalized spacial score (nSPS) is 15.4. The third-order valence-electron chi connectivity index (χ3n) is 6.24. The van der Waals surface area contributed by atoms with Crippen molar-refractivity contribution in [2.24, 2.45) is 5.73 Å². The van der Waals surface area contributed by atoms with Gasteiger partial charge in [0.05, 0.1) is 31.7 Å². The molecular formula is C26H28FN5O6S. The van der Waals surface area contributed by atoms with E-state index < -0.39 is 29.6 Å². The first-order valence-corrected chi connectivity index (χ1v) is 12.8. The molecule has 4 rings (SSSR count). The lowest BCUT2D eigenvalue weighted by Gasteiger charge is -2.32. The number of benzene rings is 2.